The van der Waals surface area contributed by atoms with Crippen molar-refractivity contribution in [1.82, 2.24) is 15.2 Å². The molecule has 1 fully saturated rings. The van der Waals surface area contributed by atoms with Crippen LogP contribution in [0.1, 0.15) is 29.2 Å². The first kappa shape index (κ1) is 11.5. The minimum absolute atomic E-state index is 0.125. The van der Waals surface area contributed by atoms with E-state index >= 15 is 0 Å². The van der Waals surface area contributed by atoms with Gasteiger partial charge in [0.05, 0.1) is 11.2 Å². The molecule has 1 saturated heterocycles. The molecule has 2 unspecified atom stereocenters. The number of hydrogen-bond acceptors (Lipinski definition) is 4. The number of thiazole rings is 1. The molecule has 1 amide bonds. The zero-order chi connectivity index (χ0) is 11.7. The molecule has 0 bridgehead atoms. The minimum atomic E-state index is 0.125. The summed E-state index contributed by atoms with van der Waals surface area (Å²) in [6, 6.07) is 0.724. The number of carbonyl (C=O) groups is 1. The van der Waals surface area contributed by atoms with Crippen LogP contribution in [0.25, 0.3) is 0 Å². The van der Waals surface area contributed by atoms with Gasteiger partial charge in [0.1, 0.15) is 4.88 Å². The van der Waals surface area contributed by atoms with Crippen LogP contribution in [-0.2, 0) is 0 Å². The van der Waals surface area contributed by atoms with Crippen LogP contribution in [0.4, 0.5) is 0 Å². The number of amides is 1. The number of nitrogens with zero attached hydrogens (tertiary/aromatic N) is 2. The summed E-state index contributed by atoms with van der Waals surface area (Å²) in [5, 5.41) is 3.42. The quantitative estimate of drug-likeness (QED) is 0.803. The number of rotatable bonds is 1. The van der Waals surface area contributed by atoms with Crippen LogP contribution in [0.15, 0.2) is 5.51 Å². The second-order valence-electron chi connectivity index (χ2n) is 4.45. The molecule has 2 atom stereocenters. The lowest BCUT2D eigenvalue weighted by Gasteiger charge is -2.36. The topological polar surface area (TPSA) is 45.2 Å². The van der Waals surface area contributed by atoms with Gasteiger partial charge in [0, 0.05) is 25.2 Å². The van der Waals surface area contributed by atoms with Gasteiger partial charge >= 0.3 is 0 Å². The molecule has 1 aromatic heterocycles. The Morgan fingerprint density at radius 2 is 2.12 bits per heavy atom. The molecule has 0 aromatic carbocycles. The highest BCUT2D eigenvalue weighted by atomic mass is 32.1. The summed E-state index contributed by atoms with van der Waals surface area (Å²) in [5.74, 6) is 0.125. The number of aromatic nitrogens is 1. The Balaban J connectivity index is 2.13. The summed E-state index contributed by atoms with van der Waals surface area (Å²) in [5.41, 5.74) is 2.58. The molecule has 1 aliphatic heterocycles. The predicted octanol–water partition coefficient (Wildman–Crippen LogP) is 1.27. The van der Waals surface area contributed by atoms with Gasteiger partial charge in [0.25, 0.3) is 5.91 Å². The number of nitrogens with one attached hydrogen (secondary N) is 1. The fourth-order valence-corrected chi connectivity index (χ4v) is 2.91. The van der Waals surface area contributed by atoms with Crippen molar-refractivity contribution < 1.29 is 4.79 Å². The first-order valence-electron chi connectivity index (χ1n) is 5.53. The van der Waals surface area contributed by atoms with E-state index in [-0.39, 0.29) is 5.91 Å². The SMILES string of the molecule is Cc1ncsc1C(=O)N1CC(C)NC(C)C1. The molecule has 0 saturated carbocycles. The van der Waals surface area contributed by atoms with E-state index in [1.54, 1.807) is 5.51 Å². The fourth-order valence-electron chi connectivity index (χ4n) is 2.14. The number of hydrogen-bond donors (Lipinski definition) is 1. The second kappa shape index (κ2) is 4.51. The van der Waals surface area contributed by atoms with Crippen molar-refractivity contribution in [2.45, 2.75) is 32.9 Å². The Morgan fingerprint density at radius 1 is 1.50 bits per heavy atom. The lowest BCUT2D eigenvalue weighted by molar-refractivity contribution is 0.0678. The van der Waals surface area contributed by atoms with E-state index in [0.29, 0.717) is 12.1 Å². The van der Waals surface area contributed by atoms with Gasteiger partial charge in [-0.3, -0.25) is 4.79 Å². The summed E-state index contributed by atoms with van der Waals surface area (Å²) in [6.07, 6.45) is 0. The van der Waals surface area contributed by atoms with Crippen LogP contribution >= 0.6 is 11.3 Å². The van der Waals surface area contributed by atoms with Crippen molar-refractivity contribution >= 4 is 17.2 Å². The lowest BCUT2D eigenvalue weighted by atomic mass is 10.1. The molecule has 0 aliphatic carbocycles. The van der Waals surface area contributed by atoms with Gasteiger partial charge in [-0.15, -0.1) is 11.3 Å². The molecule has 4 nitrogen and oxygen atoms in total. The van der Waals surface area contributed by atoms with Gasteiger partial charge < -0.3 is 10.2 Å². The molecule has 5 heteroatoms. The van der Waals surface area contributed by atoms with Crippen molar-refractivity contribution in [3.05, 3.63) is 16.1 Å². The predicted molar refractivity (Wildman–Crippen MR) is 64.8 cm³/mol. The van der Waals surface area contributed by atoms with Crippen LogP contribution in [0, 0.1) is 6.92 Å². The van der Waals surface area contributed by atoms with Crippen molar-refractivity contribution in [1.29, 1.82) is 0 Å². The first-order chi connectivity index (χ1) is 7.58. The Kier molecular flexibility index (Phi) is 3.25. The van der Waals surface area contributed by atoms with Crippen molar-refractivity contribution in [2.24, 2.45) is 0 Å². The van der Waals surface area contributed by atoms with Crippen molar-refractivity contribution in [3.8, 4) is 0 Å². The van der Waals surface area contributed by atoms with E-state index in [4.69, 9.17) is 0 Å². The van der Waals surface area contributed by atoms with Gasteiger partial charge in [0.2, 0.25) is 0 Å². The Bertz CT molecular complexity index is 380. The second-order valence-corrected chi connectivity index (χ2v) is 5.30. The number of carbonyl (C=O) groups excluding carboxylic acids is 1. The van der Waals surface area contributed by atoms with E-state index in [9.17, 15) is 4.79 Å². The van der Waals surface area contributed by atoms with Crippen molar-refractivity contribution in [2.75, 3.05) is 13.1 Å². The summed E-state index contributed by atoms with van der Waals surface area (Å²) in [4.78, 5) is 19.1. The highest BCUT2D eigenvalue weighted by Gasteiger charge is 2.27. The van der Waals surface area contributed by atoms with Crippen LogP contribution < -0.4 is 5.32 Å². The largest absolute Gasteiger partial charge is 0.335 e. The highest BCUT2D eigenvalue weighted by molar-refractivity contribution is 7.11. The summed E-state index contributed by atoms with van der Waals surface area (Å²) < 4.78 is 0. The molecule has 88 valence electrons. The fraction of sp³-hybridized carbons (Fsp3) is 0.636. The maximum Gasteiger partial charge on any atom is 0.265 e. The average molecular weight is 239 g/mol. The molecule has 0 spiro atoms. The standard InChI is InChI=1S/C11H17N3OS/c1-7-4-14(5-8(2)13-7)11(15)10-9(3)12-6-16-10/h6-8,13H,4-5H2,1-3H3. The highest BCUT2D eigenvalue weighted by Crippen LogP contribution is 2.17. The maximum atomic E-state index is 12.2. The normalized spacial score (nSPS) is 25.8. The van der Waals surface area contributed by atoms with Crippen LogP contribution in [0.3, 0.4) is 0 Å². The van der Waals surface area contributed by atoms with Crippen molar-refractivity contribution in [3.63, 3.8) is 0 Å². The molecule has 2 rings (SSSR count). The van der Waals surface area contributed by atoms with Gasteiger partial charge in [0.15, 0.2) is 0 Å². The van der Waals surface area contributed by atoms with E-state index in [2.05, 4.69) is 24.1 Å². The lowest BCUT2D eigenvalue weighted by Crippen LogP contribution is -2.55. The molecular formula is C11H17N3OS. The first-order valence-corrected chi connectivity index (χ1v) is 6.41. The third-order valence-electron chi connectivity index (χ3n) is 2.78. The minimum Gasteiger partial charge on any atom is -0.335 e. The van der Waals surface area contributed by atoms with Crippen LogP contribution in [0.2, 0.25) is 0 Å². The third-order valence-corrected chi connectivity index (χ3v) is 3.70. The monoisotopic (exact) mass is 239 g/mol. The third kappa shape index (κ3) is 2.25. The molecule has 1 aromatic rings. The van der Waals surface area contributed by atoms with Gasteiger partial charge in [-0.2, -0.15) is 0 Å². The van der Waals surface area contributed by atoms with Gasteiger partial charge in [-0.25, -0.2) is 4.98 Å². The molecular weight excluding hydrogens is 222 g/mol. The zero-order valence-electron chi connectivity index (χ0n) is 9.86. The van der Waals surface area contributed by atoms with E-state index in [1.807, 2.05) is 11.8 Å². The summed E-state index contributed by atoms with van der Waals surface area (Å²) in [7, 11) is 0. The van der Waals surface area contributed by atoms with Crippen LogP contribution in [0.5, 0.6) is 0 Å². The maximum absolute atomic E-state index is 12.2. The molecule has 0 radical (unpaired) electrons. The molecule has 16 heavy (non-hydrogen) atoms. The van der Waals surface area contributed by atoms with E-state index < -0.39 is 0 Å². The molecule has 1 N–H and O–H groups in total. The smallest absolute Gasteiger partial charge is 0.265 e. The average Bonchev–Trinajstić information content (AvgIpc) is 2.62. The summed E-state index contributed by atoms with van der Waals surface area (Å²) in [6.45, 7) is 7.66. The van der Waals surface area contributed by atoms with Gasteiger partial charge in [-0.1, -0.05) is 0 Å². The number of aryl methyl sites for hydroxylation is 1. The van der Waals surface area contributed by atoms with Crippen LogP contribution in [-0.4, -0.2) is 41.0 Å². The molecule has 1 aliphatic rings. The summed E-state index contributed by atoms with van der Waals surface area (Å²) >= 11 is 1.43. The Labute approximate surface area is 99.7 Å². The number of piperazine rings is 1. The van der Waals surface area contributed by atoms with E-state index in [0.717, 1.165) is 23.7 Å². The zero-order valence-corrected chi connectivity index (χ0v) is 10.7. The Morgan fingerprint density at radius 3 is 2.62 bits per heavy atom. The molecule has 2 heterocycles. The van der Waals surface area contributed by atoms with Gasteiger partial charge in [-0.05, 0) is 20.8 Å². The van der Waals surface area contributed by atoms with E-state index in [1.165, 1.54) is 11.3 Å². The Hall–Kier alpha value is -0.940.